The molecule has 6 nitrogen and oxygen atoms in total. The summed E-state index contributed by atoms with van der Waals surface area (Å²) >= 11 is 6.70. The van der Waals surface area contributed by atoms with Crippen molar-refractivity contribution in [3.8, 4) is 0 Å². The van der Waals surface area contributed by atoms with Gasteiger partial charge >= 0.3 is 0 Å². The molecular weight excluding hydrogens is 266 g/mol. The second-order valence-corrected chi connectivity index (χ2v) is 4.70. The molecule has 1 heterocycles. The monoisotopic (exact) mass is 279 g/mol. The van der Waals surface area contributed by atoms with Crippen molar-refractivity contribution in [2.24, 2.45) is 0 Å². The molecule has 0 radical (unpaired) electrons. The standard InChI is InChI=1S/C9H14ClN3O3S/c1-15-5-3-13(4-6-16-2)8(14)7-11-12-9(10)17-7/h3-6H2,1-2H3. The Kier molecular flexibility index (Phi) is 6.35. The normalized spacial score (nSPS) is 10.5. The number of ether oxygens (including phenoxy) is 2. The number of methoxy groups -OCH3 is 2. The van der Waals surface area contributed by atoms with Crippen molar-refractivity contribution in [1.29, 1.82) is 0 Å². The first-order chi connectivity index (χ1) is 8.19. The molecule has 0 aliphatic carbocycles. The van der Waals surface area contributed by atoms with Crippen LogP contribution in [0.5, 0.6) is 0 Å². The number of amides is 1. The molecule has 0 aliphatic rings. The number of nitrogens with zero attached hydrogens (tertiary/aromatic N) is 3. The number of rotatable bonds is 7. The van der Waals surface area contributed by atoms with Crippen LogP contribution in [0.1, 0.15) is 9.80 Å². The number of hydrogen-bond donors (Lipinski definition) is 0. The van der Waals surface area contributed by atoms with Crippen LogP contribution in [-0.4, -0.2) is 61.5 Å². The average Bonchev–Trinajstić information content (AvgIpc) is 2.75. The van der Waals surface area contributed by atoms with Gasteiger partial charge in [0.05, 0.1) is 13.2 Å². The Balaban J connectivity index is 2.64. The maximum Gasteiger partial charge on any atom is 0.285 e. The van der Waals surface area contributed by atoms with Crippen molar-refractivity contribution in [3.05, 3.63) is 9.47 Å². The van der Waals surface area contributed by atoms with E-state index in [1.807, 2.05) is 0 Å². The van der Waals surface area contributed by atoms with Gasteiger partial charge in [-0.3, -0.25) is 4.79 Å². The van der Waals surface area contributed by atoms with Crippen LogP contribution in [0.4, 0.5) is 0 Å². The molecule has 0 spiro atoms. The quantitative estimate of drug-likeness (QED) is 0.743. The number of aromatic nitrogens is 2. The van der Waals surface area contributed by atoms with Crippen LogP contribution in [0.2, 0.25) is 4.47 Å². The summed E-state index contributed by atoms with van der Waals surface area (Å²) in [6, 6.07) is 0. The summed E-state index contributed by atoms with van der Waals surface area (Å²) < 4.78 is 10.2. The van der Waals surface area contributed by atoms with E-state index < -0.39 is 0 Å². The molecule has 0 bridgehead atoms. The molecular formula is C9H14ClN3O3S. The zero-order valence-corrected chi connectivity index (χ0v) is 11.3. The van der Waals surface area contributed by atoms with Gasteiger partial charge in [-0.1, -0.05) is 11.3 Å². The summed E-state index contributed by atoms with van der Waals surface area (Å²) in [5, 5.41) is 7.60. The van der Waals surface area contributed by atoms with Crippen LogP contribution < -0.4 is 0 Å². The molecule has 96 valence electrons. The molecule has 0 saturated carbocycles. The van der Waals surface area contributed by atoms with Crippen molar-refractivity contribution in [2.45, 2.75) is 0 Å². The van der Waals surface area contributed by atoms with E-state index in [2.05, 4.69) is 10.2 Å². The van der Waals surface area contributed by atoms with Crippen molar-refractivity contribution in [2.75, 3.05) is 40.5 Å². The molecule has 1 aromatic rings. The minimum atomic E-state index is -0.205. The lowest BCUT2D eigenvalue weighted by Gasteiger charge is -2.20. The van der Waals surface area contributed by atoms with Gasteiger partial charge in [-0.25, -0.2) is 0 Å². The van der Waals surface area contributed by atoms with Crippen LogP contribution in [-0.2, 0) is 9.47 Å². The zero-order chi connectivity index (χ0) is 12.7. The minimum absolute atomic E-state index is 0.205. The Morgan fingerprint density at radius 3 is 2.29 bits per heavy atom. The predicted octanol–water partition coefficient (Wildman–Crippen LogP) is 0.927. The van der Waals surface area contributed by atoms with Gasteiger partial charge < -0.3 is 14.4 Å². The SMILES string of the molecule is COCCN(CCOC)C(=O)c1nnc(Cl)s1. The number of carbonyl (C=O) groups is 1. The Morgan fingerprint density at radius 1 is 1.29 bits per heavy atom. The zero-order valence-electron chi connectivity index (χ0n) is 9.68. The third-order valence-corrected chi connectivity index (χ3v) is 3.01. The third kappa shape index (κ3) is 4.55. The smallest absolute Gasteiger partial charge is 0.285 e. The summed E-state index contributed by atoms with van der Waals surface area (Å²) in [6.07, 6.45) is 0. The molecule has 0 aromatic carbocycles. The van der Waals surface area contributed by atoms with E-state index in [1.165, 1.54) is 0 Å². The molecule has 8 heteroatoms. The first kappa shape index (κ1) is 14.3. The van der Waals surface area contributed by atoms with E-state index >= 15 is 0 Å². The van der Waals surface area contributed by atoms with Gasteiger partial charge in [-0.2, -0.15) is 0 Å². The highest BCUT2D eigenvalue weighted by Crippen LogP contribution is 2.16. The fourth-order valence-electron chi connectivity index (χ4n) is 1.14. The van der Waals surface area contributed by atoms with Crippen LogP contribution >= 0.6 is 22.9 Å². The van der Waals surface area contributed by atoms with Gasteiger partial charge in [0.25, 0.3) is 5.91 Å². The molecule has 0 aliphatic heterocycles. The number of hydrogen-bond acceptors (Lipinski definition) is 6. The predicted molar refractivity (Wildman–Crippen MR) is 64.6 cm³/mol. The first-order valence-corrected chi connectivity index (χ1v) is 6.14. The first-order valence-electron chi connectivity index (χ1n) is 4.95. The Bertz CT molecular complexity index is 353. The molecule has 17 heavy (non-hydrogen) atoms. The summed E-state index contributed by atoms with van der Waals surface area (Å²) in [5.74, 6) is -0.205. The second kappa shape index (κ2) is 7.54. The molecule has 0 fully saturated rings. The van der Waals surface area contributed by atoms with E-state index in [9.17, 15) is 4.79 Å². The third-order valence-electron chi connectivity index (χ3n) is 2.00. The van der Waals surface area contributed by atoms with E-state index in [0.29, 0.717) is 26.3 Å². The van der Waals surface area contributed by atoms with Gasteiger partial charge in [-0.05, 0) is 11.6 Å². The van der Waals surface area contributed by atoms with Crippen molar-refractivity contribution in [3.63, 3.8) is 0 Å². The van der Waals surface area contributed by atoms with Crippen molar-refractivity contribution < 1.29 is 14.3 Å². The van der Waals surface area contributed by atoms with Gasteiger partial charge in [0, 0.05) is 27.3 Å². The van der Waals surface area contributed by atoms with Crippen LogP contribution in [0.15, 0.2) is 0 Å². The van der Waals surface area contributed by atoms with Gasteiger partial charge in [0.1, 0.15) is 0 Å². The molecule has 1 aromatic heterocycles. The van der Waals surface area contributed by atoms with Gasteiger partial charge in [-0.15, -0.1) is 10.2 Å². The fraction of sp³-hybridized carbons (Fsp3) is 0.667. The molecule has 0 unspecified atom stereocenters. The molecule has 1 rings (SSSR count). The van der Waals surface area contributed by atoms with Gasteiger partial charge in [0.15, 0.2) is 0 Å². The summed E-state index contributed by atoms with van der Waals surface area (Å²) in [7, 11) is 3.17. The highest BCUT2D eigenvalue weighted by molar-refractivity contribution is 7.17. The van der Waals surface area contributed by atoms with Crippen LogP contribution in [0, 0.1) is 0 Å². The lowest BCUT2D eigenvalue weighted by Crippen LogP contribution is -2.36. The van der Waals surface area contributed by atoms with Crippen LogP contribution in [0.3, 0.4) is 0 Å². The summed E-state index contributed by atoms with van der Waals surface area (Å²) in [5.41, 5.74) is 0. The highest BCUT2D eigenvalue weighted by atomic mass is 35.5. The fourth-order valence-corrected chi connectivity index (χ4v) is 1.94. The second-order valence-electron chi connectivity index (χ2n) is 3.14. The maximum atomic E-state index is 12.0. The van der Waals surface area contributed by atoms with E-state index in [1.54, 1.807) is 19.1 Å². The summed E-state index contributed by atoms with van der Waals surface area (Å²) in [6.45, 7) is 1.88. The molecule has 1 amide bonds. The largest absolute Gasteiger partial charge is 0.383 e. The summed E-state index contributed by atoms with van der Waals surface area (Å²) in [4.78, 5) is 13.6. The lowest BCUT2D eigenvalue weighted by atomic mass is 10.4. The van der Waals surface area contributed by atoms with Crippen molar-refractivity contribution >= 4 is 28.8 Å². The van der Waals surface area contributed by atoms with E-state index in [4.69, 9.17) is 21.1 Å². The number of carbonyl (C=O) groups excluding carboxylic acids is 1. The molecule has 0 saturated heterocycles. The topological polar surface area (TPSA) is 64.6 Å². The number of halogens is 1. The van der Waals surface area contributed by atoms with E-state index in [-0.39, 0.29) is 15.4 Å². The Labute approximate surface area is 108 Å². The lowest BCUT2D eigenvalue weighted by molar-refractivity contribution is 0.0626. The molecule has 0 atom stereocenters. The minimum Gasteiger partial charge on any atom is -0.383 e. The Hall–Kier alpha value is -0.760. The van der Waals surface area contributed by atoms with Crippen LogP contribution in [0.25, 0.3) is 0 Å². The Morgan fingerprint density at radius 2 is 1.88 bits per heavy atom. The van der Waals surface area contributed by atoms with E-state index in [0.717, 1.165) is 11.3 Å². The highest BCUT2D eigenvalue weighted by Gasteiger charge is 2.19. The molecule has 0 N–H and O–H groups in total. The van der Waals surface area contributed by atoms with Gasteiger partial charge in [0.2, 0.25) is 9.47 Å². The maximum absolute atomic E-state index is 12.0. The average molecular weight is 280 g/mol. The van der Waals surface area contributed by atoms with Crippen molar-refractivity contribution in [1.82, 2.24) is 15.1 Å².